The van der Waals surface area contributed by atoms with Crippen molar-refractivity contribution >= 4 is 40.5 Å². The lowest BCUT2D eigenvalue weighted by molar-refractivity contribution is 0.0350. The lowest BCUT2D eigenvalue weighted by Gasteiger charge is -2.32. The fraction of sp³-hybridized carbons (Fsp3) is 0.385. The summed E-state index contributed by atoms with van der Waals surface area (Å²) in [7, 11) is 0. The predicted molar refractivity (Wildman–Crippen MR) is 145 cm³/mol. The van der Waals surface area contributed by atoms with Crippen molar-refractivity contribution in [2.24, 2.45) is 0 Å². The van der Waals surface area contributed by atoms with Gasteiger partial charge in [0.1, 0.15) is 0 Å². The third kappa shape index (κ3) is 4.93. The Morgan fingerprint density at radius 3 is 2.60 bits per heavy atom. The molecule has 0 spiro atoms. The van der Waals surface area contributed by atoms with E-state index in [2.05, 4.69) is 50.6 Å². The number of thiocarbonyl (C=S) groups is 1. The minimum Gasteiger partial charge on any atom is -0.379 e. The Bertz CT molecular complexity index is 1210. The molecule has 4 heterocycles. The molecule has 2 saturated heterocycles. The summed E-state index contributed by atoms with van der Waals surface area (Å²) in [4.78, 5) is 9.44. The molecule has 0 radical (unpaired) electrons. The van der Waals surface area contributed by atoms with E-state index >= 15 is 0 Å². The highest BCUT2D eigenvalue weighted by Gasteiger charge is 2.41. The molecule has 2 aromatic heterocycles. The lowest BCUT2D eigenvalue weighted by Crippen LogP contribution is -2.42. The van der Waals surface area contributed by atoms with Crippen molar-refractivity contribution in [1.82, 2.24) is 24.7 Å². The van der Waals surface area contributed by atoms with Crippen LogP contribution in [0.3, 0.4) is 0 Å². The average molecular weight is 531 g/mol. The summed E-state index contributed by atoms with van der Waals surface area (Å²) in [5, 5.41) is 5.57. The number of aryl methyl sites for hydroxylation is 1. The van der Waals surface area contributed by atoms with Gasteiger partial charge in [0.15, 0.2) is 5.11 Å². The molecule has 3 aromatic rings. The molecule has 6 nitrogen and oxygen atoms in total. The molecule has 2 aliphatic heterocycles. The number of morpholine rings is 1. The van der Waals surface area contributed by atoms with Crippen molar-refractivity contribution in [3.05, 3.63) is 81.4 Å². The number of nitrogens with zero attached hydrogens (tertiary/aromatic N) is 4. The predicted octanol–water partition coefficient (Wildman–Crippen LogP) is 5.10. The molecule has 1 aromatic carbocycles. The summed E-state index contributed by atoms with van der Waals surface area (Å²) in [5.74, 6) is 0. The van der Waals surface area contributed by atoms with Crippen LogP contribution in [0.4, 0.5) is 0 Å². The van der Waals surface area contributed by atoms with Crippen LogP contribution >= 0.6 is 35.4 Å². The number of ether oxygens (including phenoxy) is 1. The maximum Gasteiger partial charge on any atom is 0.170 e. The van der Waals surface area contributed by atoms with Gasteiger partial charge in [-0.2, -0.15) is 0 Å². The minimum atomic E-state index is -0.0528. The zero-order valence-electron chi connectivity index (χ0n) is 19.9. The zero-order valence-corrected chi connectivity index (χ0v) is 22.2. The molecule has 1 N–H and O–H groups in total. The third-order valence-electron chi connectivity index (χ3n) is 6.90. The van der Waals surface area contributed by atoms with E-state index in [1.165, 1.54) is 5.56 Å². The van der Waals surface area contributed by atoms with Gasteiger partial charge >= 0.3 is 0 Å². The van der Waals surface area contributed by atoms with E-state index in [-0.39, 0.29) is 12.1 Å². The van der Waals surface area contributed by atoms with Crippen LogP contribution in [0.2, 0.25) is 10.0 Å². The molecule has 0 aliphatic carbocycles. The quantitative estimate of drug-likeness (QED) is 0.448. The number of hydrogen-bond acceptors (Lipinski definition) is 4. The van der Waals surface area contributed by atoms with Gasteiger partial charge in [-0.05, 0) is 68.0 Å². The first-order chi connectivity index (χ1) is 16.9. The summed E-state index contributed by atoms with van der Waals surface area (Å²) < 4.78 is 7.72. The Hall–Kier alpha value is -2.16. The van der Waals surface area contributed by atoms with E-state index in [9.17, 15) is 0 Å². The van der Waals surface area contributed by atoms with Crippen LogP contribution < -0.4 is 5.32 Å². The van der Waals surface area contributed by atoms with Crippen molar-refractivity contribution in [3.8, 4) is 5.69 Å². The van der Waals surface area contributed by atoms with E-state index in [0.717, 1.165) is 67.3 Å². The van der Waals surface area contributed by atoms with E-state index in [4.69, 9.17) is 40.2 Å². The maximum atomic E-state index is 6.61. The highest BCUT2D eigenvalue weighted by molar-refractivity contribution is 7.80. The molecule has 5 rings (SSSR count). The fourth-order valence-corrected chi connectivity index (χ4v) is 6.00. The first kappa shape index (κ1) is 24.5. The van der Waals surface area contributed by atoms with Crippen LogP contribution in [0.5, 0.6) is 0 Å². The Morgan fingerprint density at radius 2 is 1.89 bits per heavy atom. The molecule has 0 saturated carbocycles. The van der Waals surface area contributed by atoms with Gasteiger partial charge in [0.2, 0.25) is 0 Å². The average Bonchev–Trinajstić information content (AvgIpc) is 3.34. The van der Waals surface area contributed by atoms with Crippen LogP contribution in [-0.2, 0) is 4.74 Å². The number of rotatable bonds is 6. The standard InChI is InChI=1S/C26H29Cl2N5OS/c1-17-15-20(18(2)33(17)23-7-6-19(27)16-21(23)28)25-24(22-5-3-4-8-29-22)30-26(35)32(25)10-9-31-11-13-34-14-12-31/h3-8,15-16,24-25H,9-14H2,1-2H3,(H,30,35)/t24-,25+/m1/s1. The fourth-order valence-electron chi connectivity index (χ4n) is 5.18. The van der Waals surface area contributed by atoms with Gasteiger partial charge in [-0.25, -0.2) is 0 Å². The van der Waals surface area contributed by atoms with Gasteiger partial charge < -0.3 is 19.5 Å². The van der Waals surface area contributed by atoms with E-state index < -0.39 is 0 Å². The van der Waals surface area contributed by atoms with Gasteiger partial charge in [-0.1, -0.05) is 29.3 Å². The van der Waals surface area contributed by atoms with Crippen molar-refractivity contribution < 1.29 is 4.74 Å². The number of pyridine rings is 1. The van der Waals surface area contributed by atoms with E-state index in [1.54, 1.807) is 6.07 Å². The molecular formula is C26H29Cl2N5OS. The maximum absolute atomic E-state index is 6.61. The van der Waals surface area contributed by atoms with Gasteiger partial charge in [0.25, 0.3) is 0 Å². The van der Waals surface area contributed by atoms with Gasteiger partial charge in [0, 0.05) is 48.8 Å². The van der Waals surface area contributed by atoms with Crippen molar-refractivity contribution in [1.29, 1.82) is 0 Å². The Labute approximate surface area is 221 Å². The van der Waals surface area contributed by atoms with Crippen LogP contribution in [-0.4, -0.2) is 63.9 Å². The second kappa shape index (κ2) is 10.4. The first-order valence-electron chi connectivity index (χ1n) is 11.9. The molecule has 184 valence electrons. The molecule has 0 unspecified atom stereocenters. The highest BCUT2D eigenvalue weighted by atomic mass is 35.5. The molecule has 2 atom stereocenters. The second-order valence-corrected chi connectivity index (χ2v) is 10.3. The Morgan fingerprint density at radius 1 is 1.09 bits per heavy atom. The number of benzene rings is 1. The molecule has 2 aliphatic rings. The van der Waals surface area contributed by atoms with Crippen LogP contribution in [0.1, 0.15) is 34.7 Å². The monoisotopic (exact) mass is 529 g/mol. The molecule has 9 heteroatoms. The summed E-state index contributed by atoms with van der Waals surface area (Å²) in [6, 6.07) is 13.9. The summed E-state index contributed by atoms with van der Waals surface area (Å²) in [6.07, 6.45) is 1.84. The summed E-state index contributed by atoms with van der Waals surface area (Å²) in [6.45, 7) is 9.47. The number of aromatic nitrogens is 2. The van der Waals surface area contributed by atoms with Gasteiger partial charge in [-0.3, -0.25) is 9.88 Å². The molecular weight excluding hydrogens is 501 g/mol. The Balaban J connectivity index is 1.54. The van der Waals surface area contributed by atoms with Crippen LogP contribution in [0.15, 0.2) is 48.7 Å². The van der Waals surface area contributed by atoms with E-state index in [0.29, 0.717) is 10.0 Å². The molecule has 0 bridgehead atoms. The minimum absolute atomic E-state index is 0.00414. The molecule has 2 fully saturated rings. The highest BCUT2D eigenvalue weighted by Crippen LogP contribution is 2.42. The topological polar surface area (TPSA) is 45.6 Å². The largest absolute Gasteiger partial charge is 0.379 e. The third-order valence-corrected chi connectivity index (χ3v) is 7.79. The van der Waals surface area contributed by atoms with Crippen molar-refractivity contribution in [2.75, 3.05) is 39.4 Å². The first-order valence-corrected chi connectivity index (χ1v) is 13.0. The van der Waals surface area contributed by atoms with Gasteiger partial charge in [0.05, 0.1) is 41.7 Å². The summed E-state index contributed by atoms with van der Waals surface area (Å²) in [5.41, 5.74) is 5.33. The van der Waals surface area contributed by atoms with E-state index in [1.807, 2.05) is 30.5 Å². The molecule has 0 amide bonds. The lowest BCUT2D eigenvalue weighted by atomic mass is 9.96. The van der Waals surface area contributed by atoms with Crippen LogP contribution in [0.25, 0.3) is 5.69 Å². The number of nitrogens with one attached hydrogen (secondary N) is 1. The second-order valence-electron chi connectivity index (χ2n) is 9.03. The number of hydrogen-bond donors (Lipinski definition) is 1. The van der Waals surface area contributed by atoms with Crippen LogP contribution in [0, 0.1) is 13.8 Å². The smallest absolute Gasteiger partial charge is 0.170 e. The van der Waals surface area contributed by atoms with Crippen molar-refractivity contribution in [2.45, 2.75) is 25.9 Å². The van der Waals surface area contributed by atoms with Gasteiger partial charge in [-0.15, -0.1) is 0 Å². The summed E-state index contributed by atoms with van der Waals surface area (Å²) >= 11 is 18.7. The van der Waals surface area contributed by atoms with Crippen molar-refractivity contribution in [3.63, 3.8) is 0 Å². The Kier molecular flexibility index (Phi) is 7.32. The zero-order chi connectivity index (χ0) is 24.5. The number of halogens is 2. The normalized spacial score (nSPS) is 20.9. The molecule has 35 heavy (non-hydrogen) atoms. The SMILES string of the molecule is Cc1cc([C@H]2[C@@H](c3ccccn3)NC(=S)N2CCN2CCOCC2)c(C)n1-c1ccc(Cl)cc1Cl.